The number of allylic oxidation sites excluding steroid dienone is 1. The molecule has 0 atom stereocenters. The molecular weight excluding hydrogens is 151 g/mol. The molecule has 0 nitrogen and oxygen atoms in total. The van der Waals surface area contributed by atoms with Crippen LogP contribution in [0.4, 0.5) is 4.39 Å². The van der Waals surface area contributed by atoms with Crippen molar-refractivity contribution in [2.24, 2.45) is 0 Å². The lowest BCUT2D eigenvalue weighted by molar-refractivity contribution is 0.628. The van der Waals surface area contributed by atoms with Crippen LogP contribution in [0.1, 0.15) is 26.3 Å². The minimum atomic E-state index is -0.187. The highest BCUT2D eigenvalue weighted by molar-refractivity contribution is 5.48. The first kappa shape index (κ1) is 10.9. The molecule has 0 aliphatic carbocycles. The minimum absolute atomic E-state index is 0.187. The monoisotopic (exact) mass is 166 g/mol. The molecule has 0 spiro atoms. The summed E-state index contributed by atoms with van der Waals surface area (Å²) in [4.78, 5) is 0. The average molecular weight is 166 g/mol. The second-order valence-electron chi connectivity index (χ2n) is 2.05. The Morgan fingerprint density at radius 3 is 2.00 bits per heavy atom. The third kappa shape index (κ3) is 3.91. The van der Waals surface area contributed by atoms with E-state index in [1.807, 2.05) is 32.9 Å². The second-order valence-corrected chi connectivity index (χ2v) is 2.05. The van der Waals surface area contributed by atoms with Gasteiger partial charge < -0.3 is 0 Å². The van der Waals surface area contributed by atoms with Gasteiger partial charge in [-0.05, 0) is 24.6 Å². The van der Waals surface area contributed by atoms with Gasteiger partial charge in [-0.1, -0.05) is 38.1 Å². The summed E-state index contributed by atoms with van der Waals surface area (Å²) in [5.74, 6) is -0.187. The fraction of sp³-hybridized carbons (Fsp3) is 0.273. The van der Waals surface area contributed by atoms with E-state index in [4.69, 9.17) is 0 Å². The van der Waals surface area contributed by atoms with Crippen LogP contribution >= 0.6 is 0 Å². The van der Waals surface area contributed by atoms with Crippen LogP contribution in [0.15, 0.2) is 30.3 Å². The predicted octanol–water partition coefficient (Wildman–Crippen LogP) is 3.89. The molecule has 0 N–H and O–H groups in total. The molecule has 0 aliphatic rings. The van der Waals surface area contributed by atoms with Crippen molar-refractivity contribution in [3.05, 3.63) is 41.7 Å². The van der Waals surface area contributed by atoms with E-state index < -0.39 is 0 Å². The summed E-state index contributed by atoms with van der Waals surface area (Å²) in [6.45, 7) is 5.93. The summed E-state index contributed by atoms with van der Waals surface area (Å²) >= 11 is 0. The van der Waals surface area contributed by atoms with Gasteiger partial charge in [-0.15, -0.1) is 0 Å². The second kappa shape index (κ2) is 6.59. The van der Waals surface area contributed by atoms with Gasteiger partial charge in [-0.3, -0.25) is 0 Å². The fourth-order valence-electron chi connectivity index (χ4n) is 0.766. The molecule has 0 aromatic heterocycles. The normalized spacial score (nSPS) is 9.33. The fourth-order valence-corrected chi connectivity index (χ4v) is 0.766. The summed E-state index contributed by atoms with van der Waals surface area (Å²) in [5.41, 5.74) is 1.03. The molecule has 1 aromatic carbocycles. The van der Waals surface area contributed by atoms with Gasteiger partial charge in [0.25, 0.3) is 0 Å². The van der Waals surface area contributed by atoms with Crippen molar-refractivity contribution in [2.45, 2.75) is 20.8 Å². The van der Waals surface area contributed by atoms with Gasteiger partial charge in [0.15, 0.2) is 0 Å². The maximum absolute atomic E-state index is 12.3. The molecule has 66 valence electrons. The Morgan fingerprint density at radius 1 is 1.08 bits per heavy atom. The summed E-state index contributed by atoms with van der Waals surface area (Å²) < 4.78 is 12.3. The van der Waals surface area contributed by atoms with Gasteiger partial charge in [0.05, 0.1) is 0 Å². The highest BCUT2D eigenvalue weighted by Gasteiger charge is 1.86. The van der Waals surface area contributed by atoms with Crippen molar-refractivity contribution in [2.75, 3.05) is 0 Å². The Balaban J connectivity index is 0.000000561. The molecule has 0 heterocycles. The zero-order chi connectivity index (χ0) is 9.40. The van der Waals surface area contributed by atoms with Crippen LogP contribution in [0.3, 0.4) is 0 Å². The van der Waals surface area contributed by atoms with E-state index in [0.717, 1.165) is 5.56 Å². The number of benzene rings is 1. The zero-order valence-electron chi connectivity index (χ0n) is 7.84. The average Bonchev–Trinajstić information content (AvgIpc) is 2.13. The Bertz CT molecular complexity index is 221. The standard InChI is InChI=1S/C9H9F.C2H6/c1-2-3-8-4-6-9(10)7-5-8;1-2/h2-7H,1H3;1-2H3/b3-2+;. The van der Waals surface area contributed by atoms with Crippen LogP contribution in [0.2, 0.25) is 0 Å². The highest BCUT2D eigenvalue weighted by Crippen LogP contribution is 2.03. The van der Waals surface area contributed by atoms with Crippen molar-refractivity contribution < 1.29 is 4.39 Å². The van der Waals surface area contributed by atoms with Gasteiger partial charge in [-0.2, -0.15) is 0 Å². The molecule has 0 amide bonds. The molecule has 12 heavy (non-hydrogen) atoms. The first-order valence-electron chi connectivity index (χ1n) is 4.21. The van der Waals surface area contributed by atoms with Gasteiger partial charge >= 0.3 is 0 Å². The van der Waals surface area contributed by atoms with Crippen molar-refractivity contribution in [3.63, 3.8) is 0 Å². The number of halogens is 1. The molecular formula is C11H15F. The number of hydrogen-bond donors (Lipinski definition) is 0. The maximum Gasteiger partial charge on any atom is 0.123 e. The molecule has 0 unspecified atom stereocenters. The molecule has 0 radical (unpaired) electrons. The lowest BCUT2D eigenvalue weighted by Gasteiger charge is -1.90. The third-order valence-electron chi connectivity index (χ3n) is 1.23. The summed E-state index contributed by atoms with van der Waals surface area (Å²) in [7, 11) is 0. The Labute approximate surface area is 73.7 Å². The number of hydrogen-bond acceptors (Lipinski definition) is 0. The molecule has 0 saturated heterocycles. The molecule has 1 heteroatoms. The van der Waals surface area contributed by atoms with Crippen LogP contribution < -0.4 is 0 Å². The van der Waals surface area contributed by atoms with Crippen molar-refractivity contribution in [1.29, 1.82) is 0 Å². The van der Waals surface area contributed by atoms with Gasteiger partial charge in [-0.25, -0.2) is 4.39 Å². The largest absolute Gasteiger partial charge is 0.207 e. The van der Waals surface area contributed by atoms with Gasteiger partial charge in [0.2, 0.25) is 0 Å². The molecule has 0 fully saturated rings. The van der Waals surface area contributed by atoms with Crippen molar-refractivity contribution in [1.82, 2.24) is 0 Å². The van der Waals surface area contributed by atoms with E-state index in [0.29, 0.717) is 0 Å². The minimum Gasteiger partial charge on any atom is -0.207 e. The van der Waals surface area contributed by atoms with E-state index >= 15 is 0 Å². The predicted molar refractivity (Wildman–Crippen MR) is 52.5 cm³/mol. The molecule has 0 bridgehead atoms. The van der Waals surface area contributed by atoms with E-state index in [2.05, 4.69) is 0 Å². The maximum atomic E-state index is 12.3. The Kier molecular flexibility index (Phi) is 5.98. The van der Waals surface area contributed by atoms with Crippen LogP contribution in [0.25, 0.3) is 6.08 Å². The van der Waals surface area contributed by atoms with Crippen molar-refractivity contribution in [3.8, 4) is 0 Å². The van der Waals surface area contributed by atoms with Crippen LogP contribution in [0, 0.1) is 5.82 Å². The third-order valence-corrected chi connectivity index (χ3v) is 1.23. The quantitative estimate of drug-likeness (QED) is 0.593. The zero-order valence-corrected chi connectivity index (χ0v) is 7.84. The van der Waals surface area contributed by atoms with E-state index in [1.54, 1.807) is 12.1 Å². The highest BCUT2D eigenvalue weighted by atomic mass is 19.1. The van der Waals surface area contributed by atoms with Gasteiger partial charge in [0.1, 0.15) is 5.82 Å². The van der Waals surface area contributed by atoms with Gasteiger partial charge in [0, 0.05) is 0 Å². The smallest absolute Gasteiger partial charge is 0.123 e. The van der Waals surface area contributed by atoms with Crippen LogP contribution in [-0.2, 0) is 0 Å². The summed E-state index contributed by atoms with van der Waals surface area (Å²) in [5, 5.41) is 0. The van der Waals surface area contributed by atoms with Crippen molar-refractivity contribution >= 4 is 6.08 Å². The SMILES string of the molecule is C/C=C/c1ccc(F)cc1.CC. The molecule has 0 saturated carbocycles. The van der Waals surface area contributed by atoms with Crippen LogP contribution in [0.5, 0.6) is 0 Å². The Hall–Kier alpha value is -1.11. The van der Waals surface area contributed by atoms with E-state index in [1.165, 1.54) is 12.1 Å². The lowest BCUT2D eigenvalue weighted by Crippen LogP contribution is -1.72. The van der Waals surface area contributed by atoms with E-state index in [-0.39, 0.29) is 5.82 Å². The topological polar surface area (TPSA) is 0 Å². The lowest BCUT2D eigenvalue weighted by atomic mass is 10.2. The first-order chi connectivity index (χ1) is 5.83. The molecule has 1 aromatic rings. The summed E-state index contributed by atoms with van der Waals surface area (Å²) in [6.07, 6.45) is 3.85. The summed E-state index contributed by atoms with van der Waals surface area (Å²) in [6, 6.07) is 6.40. The molecule has 1 rings (SSSR count). The molecule has 0 aliphatic heterocycles. The first-order valence-corrected chi connectivity index (χ1v) is 4.21. The van der Waals surface area contributed by atoms with E-state index in [9.17, 15) is 4.39 Å². The van der Waals surface area contributed by atoms with Crippen LogP contribution in [-0.4, -0.2) is 0 Å². The Morgan fingerprint density at radius 2 is 1.58 bits per heavy atom. The number of rotatable bonds is 1.